The molecule has 0 saturated carbocycles. The summed E-state index contributed by atoms with van der Waals surface area (Å²) in [6.07, 6.45) is 0. The third-order valence-electron chi connectivity index (χ3n) is 6.90. The van der Waals surface area contributed by atoms with Crippen molar-refractivity contribution in [1.29, 1.82) is 0 Å². The van der Waals surface area contributed by atoms with E-state index in [-0.39, 0.29) is 29.2 Å². The molecule has 6 rings (SSSR count). The quantitative estimate of drug-likeness (QED) is 0.287. The van der Waals surface area contributed by atoms with Crippen molar-refractivity contribution in [3.8, 4) is 11.5 Å². The van der Waals surface area contributed by atoms with Gasteiger partial charge in [0.2, 0.25) is 11.8 Å². The Morgan fingerprint density at radius 3 is 2.46 bits per heavy atom. The van der Waals surface area contributed by atoms with Crippen molar-refractivity contribution in [1.82, 2.24) is 4.98 Å². The lowest BCUT2D eigenvalue weighted by Gasteiger charge is -2.30. The van der Waals surface area contributed by atoms with Crippen molar-refractivity contribution >= 4 is 63.8 Å². The number of aromatic amines is 1. The van der Waals surface area contributed by atoms with Crippen LogP contribution in [0, 0.1) is 5.92 Å². The monoisotopic (exact) mass is 607 g/mol. The molecule has 12 heteroatoms. The number of carbonyl (C=O) groups excluding carboxylic acids is 3. The highest BCUT2D eigenvalue weighted by Crippen LogP contribution is 2.54. The van der Waals surface area contributed by atoms with E-state index in [0.717, 1.165) is 11.3 Å². The van der Waals surface area contributed by atoms with Crippen LogP contribution in [0.5, 0.6) is 11.5 Å². The van der Waals surface area contributed by atoms with Crippen molar-refractivity contribution in [3.05, 3.63) is 97.9 Å². The van der Waals surface area contributed by atoms with Crippen LogP contribution in [0.15, 0.2) is 82.6 Å². The highest BCUT2D eigenvalue weighted by atomic mass is 35.5. The first-order valence-electron chi connectivity index (χ1n) is 12.5. The molecule has 208 valence electrons. The summed E-state index contributed by atoms with van der Waals surface area (Å²) in [6, 6.07) is 20.5. The zero-order valence-corrected chi connectivity index (χ0v) is 23.8. The Kier molecular flexibility index (Phi) is 7.33. The third-order valence-corrected chi connectivity index (χ3v) is 9.55. The van der Waals surface area contributed by atoms with Gasteiger partial charge >= 0.3 is 4.87 Å². The van der Waals surface area contributed by atoms with Gasteiger partial charge < -0.3 is 19.8 Å². The highest BCUT2D eigenvalue weighted by molar-refractivity contribution is 8.00. The lowest BCUT2D eigenvalue weighted by molar-refractivity contribution is -0.122. The molecular formula is C29H22ClN3O6S2. The minimum Gasteiger partial charge on any atom is -0.497 e. The summed E-state index contributed by atoms with van der Waals surface area (Å²) in [5, 5.41) is 3.06. The van der Waals surface area contributed by atoms with E-state index in [1.54, 1.807) is 79.9 Å². The van der Waals surface area contributed by atoms with Crippen LogP contribution in [-0.4, -0.2) is 41.7 Å². The largest absolute Gasteiger partial charge is 0.497 e. The lowest BCUT2D eigenvalue weighted by Crippen LogP contribution is -2.32. The van der Waals surface area contributed by atoms with Gasteiger partial charge in [0.15, 0.2) is 6.61 Å². The van der Waals surface area contributed by atoms with Crippen LogP contribution in [0.1, 0.15) is 16.4 Å². The normalized spacial score (nSPS) is 19.5. The maximum atomic E-state index is 13.9. The number of thioether (sulfide) groups is 1. The van der Waals surface area contributed by atoms with Gasteiger partial charge in [0.25, 0.3) is 5.91 Å². The number of rotatable bonds is 7. The number of fused-ring (bicyclic) bond motifs is 2. The van der Waals surface area contributed by atoms with Crippen LogP contribution >= 0.6 is 34.7 Å². The molecule has 1 saturated heterocycles. The molecule has 3 heterocycles. The molecule has 3 aromatic carbocycles. The molecule has 0 aliphatic carbocycles. The Morgan fingerprint density at radius 1 is 1.00 bits per heavy atom. The van der Waals surface area contributed by atoms with Crippen LogP contribution in [0.2, 0.25) is 5.02 Å². The zero-order chi connectivity index (χ0) is 28.7. The molecule has 3 atom stereocenters. The SMILES string of the molecule is COc1ccc(NC(=O)COc2ccccc2C2c3sc(=O)[nH]c3SC3C(=O)N(c4ccc(Cl)cc4)C(=O)C32)cc1. The standard InChI is InChI=1S/C29H22ClN3O6S2/c1-38-18-12-8-16(9-13-18)31-21(34)14-39-20-5-3-2-4-19(20)22-23-25(40-26-24(22)41-29(37)32-26)28(36)33(27(23)35)17-10-6-15(30)7-11-17/h2-13,22-23,25H,14H2,1H3,(H,31,34)(H,32,37). The van der Waals surface area contributed by atoms with Gasteiger partial charge in [-0.25, -0.2) is 4.90 Å². The van der Waals surface area contributed by atoms with Crippen LogP contribution in [0.25, 0.3) is 0 Å². The summed E-state index contributed by atoms with van der Waals surface area (Å²) in [5.74, 6) is -1.52. The number of nitrogens with one attached hydrogen (secondary N) is 2. The van der Waals surface area contributed by atoms with Gasteiger partial charge in [0.05, 0.1) is 23.7 Å². The molecule has 0 radical (unpaired) electrons. The molecule has 2 aliphatic rings. The number of para-hydroxylation sites is 1. The molecule has 3 unspecified atom stereocenters. The summed E-state index contributed by atoms with van der Waals surface area (Å²) in [6.45, 7) is -0.293. The molecular weight excluding hydrogens is 586 g/mol. The number of halogens is 1. The molecule has 4 aromatic rings. The number of anilines is 2. The number of aromatic nitrogens is 1. The third kappa shape index (κ3) is 5.12. The number of imide groups is 1. The minimum absolute atomic E-state index is 0.279. The van der Waals surface area contributed by atoms with Crippen LogP contribution < -0.4 is 24.6 Å². The number of nitrogens with zero attached hydrogens (tertiary/aromatic N) is 1. The number of hydrogen-bond donors (Lipinski definition) is 2. The second kappa shape index (κ2) is 11.1. The maximum absolute atomic E-state index is 13.9. The van der Waals surface area contributed by atoms with Crippen LogP contribution in [0.4, 0.5) is 11.4 Å². The number of ether oxygens (including phenoxy) is 2. The first kappa shape index (κ1) is 27.1. The first-order valence-corrected chi connectivity index (χ1v) is 14.6. The fourth-order valence-corrected chi connectivity index (χ4v) is 7.71. The number of H-pyrrole nitrogens is 1. The van der Waals surface area contributed by atoms with Crippen molar-refractivity contribution in [3.63, 3.8) is 0 Å². The Morgan fingerprint density at radius 2 is 1.73 bits per heavy atom. The highest BCUT2D eigenvalue weighted by Gasteiger charge is 2.56. The average molecular weight is 608 g/mol. The van der Waals surface area contributed by atoms with Crippen molar-refractivity contribution in [2.45, 2.75) is 16.2 Å². The number of carbonyl (C=O) groups is 3. The second-order valence-corrected chi connectivity index (χ2v) is 11.9. The summed E-state index contributed by atoms with van der Waals surface area (Å²) in [4.78, 5) is 57.0. The van der Waals surface area contributed by atoms with Gasteiger partial charge in [-0.2, -0.15) is 0 Å². The number of methoxy groups -OCH3 is 1. The van der Waals surface area contributed by atoms with Gasteiger partial charge in [-0.15, -0.1) is 0 Å². The molecule has 9 nitrogen and oxygen atoms in total. The molecule has 3 amide bonds. The van der Waals surface area contributed by atoms with Gasteiger partial charge in [0, 0.05) is 27.1 Å². The van der Waals surface area contributed by atoms with E-state index < -0.39 is 17.1 Å². The van der Waals surface area contributed by atoms with E-state index in [0.29, 0.717) is 43.4 Å². The van der Waals surface area contributed by atoms with Gasteiger partial charge in [-0.3, -0.25) is 19.2 Å². The van der Waals surface area contributed by atoms with E-state index in [1.165, 1.54) is 16.7 Å². The lowest BCUT2D eigenvalue weighted by atomic mass is 9.82. The Labute approximate surface area is 247 Å². The fourth-order valence-electron chi connectivity index (χ4n) is 5.08. The van der Waals surface area contributed by atoms with Crippen LogP contribution in [0.3, 0.4) is 0 Å². The zero-order valence-electron chi connectivity index (χ0n) is 21.5. The van der Waals surface area contributed by atoms with Gasteiger partial charge in [-0.05, 0) is 54.6 Å². The van der Waals surface area contributed by atoms with Gasteiger partial charge in [0.1, 0.15) is 16.7 Å². The van der Waals surface area contributed by atoms with Crippen molar-refractivity contribution < 1.29 is 23.9 Å². The molecule has 2 aliphatic heterocycles. The molecule has 1 aromatic heterocycles. The Hall–Kier alpha value is -4.06. The first-order chi connectivity index (χ1) is 19.8. The average Bonchev–Trinajstić information content (AvgIpc) is 3.47. The second-order valence-electron chi connectivity index (χ2n) is 9.34. The fraction of sp³-hybridized carbons (Fsp3) is 0.172. The number of thiazole rings is 1. The van der Waals surface area contributed by atoms with Crippen LogP contribution in [-0.2, 0) is 14.4 Å². The molecule has 1 fully saturated rings. The van der Waals surface area contributed by atoms with Crippen molar-refractivity contribution in [2.24, 2.45) is 5.92 Å². The summed E-state index contributed by atoms with van der Waals surface area (Å²) < 4.78 is 11.1. The van der Waals surface area contributed by atoms with Crippen molar-refractivity contribution in [2.75, 3.05) is 23.9 Å². The summed E-state index contributed by atoms with van der Waals surface area (Å²) in [7, 11) is 1.56. The summed E-state index contributed by atoms with van der Waals surface area (Å²) >= 11 is 8.23. The molecule has 0 spiro atoms. The van der Waals surface area contributed by atoms with E-state index in [9.17, 15) is 19.2 Å². The predicted octanol–water partition coefficient (Wildman–Crippen LogP) is 4.91. The van der Waals surface area contributed by atoms with E-state index in [1.807, 2.05) is 0 Å². The topological polar surface area (TPSA) is 118 Å². The Balaban J connectivity index is 1.31. The number of benzene rings is 3. The Bertz CT molecular complexity index is 1700. The van der Waals surface area contributed by atoms with E-state index >= 15 is 0 Å². The number of amides is 3. The molecule has 2 N–H and O–H groups in total. The molecule has 0 bridgehead atoms. The predicted molar refractivity (Wildman–Crippen MR) is 157 cm³/mol. The molecule has 41 heavy (non-hydrogen) atoms. The summed E-state index contributed by atoms with van der Waals surface area (Å²) in [5.41, 5.74) is 1.62. The van der Waals surface area contributed by atoms with E-state index in [4.69, 9.17) is 21.1 Å². The maximum Gasteiger partial charge on any atom is 0.305 e. The van der Waals surface area contributed by atoms with E-state index in [2.05, 4.69) is 10.3 Å². The minimum atomic E-state index is -0.792. The van der Waals surface area contributed by atoms with Gasteiger partial charge in [-0.1, -0.05) is 52.9 Å². The number of hydrogen-bond acceptors (Lipinski definition) is 8. The smallest absolute Gasteiger partial charge is 0.305 e.